The molecule has 5 aromatic rings. The van der Waals surface area contributed by atoms with Gasteiger partial charge in [-0.1, -0.05) is 36.4 Å². The summed E-state index contributed by atoms with van der Waals surface area (Å²) >= 11 is 4.89. The van der Waals surface area contributed by atoms with Crippen molar-refractivity contribution in [2.24, 2.45) is 0 Å². The predicted octanol–water partition coefficient (Wildman–Crippen LogP) is 9.64. The first kappa shape index (κ1) is 26.2. The quantitative estimate of drug-likeness (QED) is 0.192. The Morgan fingerprint density at radius 3 is 1.86 bits per heavy atom. The van der Waals surface area contributed by atoms with Gasteiger partial charge < -0.3 is 4.57 Å². The highest BCUT2D eigenvalue weighted by Gasteiger charge is 2.32. The molecule has 3 heterocycles. The van der Waals surface area contributed by atoms with Crippen molar-refractivity contribution in [3.63, 3.8) is 0 Å². The van der Waals surface area contributed by atoms with Crippen LogP contribution in [0.15, 0.2) is 66.7 Å². The molecule has 190 valence electrons. The average Bonchev–Trinajstić information content (AvgIpc) is 3.53. The summed E-state index contributed by atoms with van der Waals surface area (Å²) in [6.07, 6.45) is -4.50. The van der Waals surface area contributed by atoms with Gasteiger partial charge in [0.1, 0.15) is 7.80 Å². The van der Waals surface area contributed by atoms with Crippen LogP contribution in [0.3, 0.4) is 0 Å². The lowest BCUT2D eigenvalue weighted by molar-refractivity contribution is -0.137. The van der Waals surface area contributed by atoms with Crippen molar-refractivity contribution >= 4 is 52.4 Å². The molecule has 0 fully saturated rings. The molecule has 1 nitrogen and oxygen atoms in total. The first-order chi connectivity index (χ1) is 17.5. The maximum Gasteiger partial charge on any atom is 0.416 e. The van der Waals surface area contributed by atoms with Crippen molar-refractivity contribution in [3.05, 3.63) is 91.8 Å². The van der Waals surface area contributed by atoms with E-state index in [0.29, 0.717) is 21.0 Å². The molecule has 0 aliphatic heterocycles. The minimum Gasteiger partial charge on any atom is -0.317 e. The first-order valence-electron chi connectivity index (χ1n) is 11.6. The summed E-state index contributed by atoms with van der Waals surface area (Å²) in [5.74, 6) is 0. The number of hydrogen-bond acceptors (Lipinski definition) is 4. The van der Waals surface area contributed by atoms with Gasteiger partial charge in [-0.15, -0.1) is 34.0 Å². The maximum absolute atomic E-state index is 13.8. The molecule has 8 heteroatoms. The maximum atomic E-state index is 13.8. The van der Waals surface area contributed by atoms with Crippen LogP contribution in [0.4, 0.5) is 13.2 Å². The molecule has 0 N–H and O–H groups in total. The molecule has 0 radical (unpaired) electrons. The van der Waals surface area contributed by atoms with E-state index in [1.54, 1.807) is 46.9 Å². The zero-order valence-electron chi connectivity index (χ0n) is 20.6. The molecule has 1 unspecified atom stereocenters. The second-order valence-electron chi connectivity index (χ2n) is 8.96. The van der Waals surface area contributed by atoms with Crippen molar-refractivity contribution in [3.8, 4) is 32.0 Å². The molecule has 1 atom stereocenters. The second kappa shape index (κ2) is 10.0. The second-order valence-corrected chi connectivity index (χ2v) is 14.7. The van der Waals surface area contributed by atoms with Crippen LogP contribution in [-0.2, 0) is 10.7 Å². The molecular weight excluding hydrogens is 548 g/mol. The third-order valence-corrected chi connectivity index (χ3v) is 11.2. The van der Waals surface area contributed by atoms with Crippen molar-refractivity contribution in [2.75, 3.05) is 0 Å². The molecule has 0 bridgehead atoms. The average molecular weight is 573 g/mol. The van der Waals surface area contributed by atoms with Gasteiger partial charge in [0.25, 0.3) is 0 Å². The van der Waals surface area contributed by atoms with E-state index >= 15 is 0 Å². The van der Waals surface area contributed by atoms with Gasteiger partial charge in [-0.05, 0) is 63.6 Å². The Bertz CT molecular complexity index is 1560. The molecule has 37 heavy (non-hydrogen) atoms. The van der Waals surface area contributed by atoms with Crippen LogP contribution in [0.25, 0.3) is 32.0 Å². The number of aryl methyl sites for hydroxylation is 4. The van der Waals surface area contributed by atoms with E-state index in [4.69, 9.17) is 0 Å². The Balaban J connectivity index is 1.78. The Kier molecular flexibility index (Phi) is 7.10. The molecule has 0 spiro atoms. The largest absolute Gasteiger partial charge is 0.416 e. The van der Waals surface area contributed by atoms with Gasteiger partial charge in [0, 0.05) is 56.6 Å². The lowest BCUT2D eigenvalue weighted by Gasteiger charge is -2.13. The van der Waals surface area contributed by atoms with Gasteiger partial charge in [0.15, 0.2) is 0 Å². The van der Waals surface area contributed by atoms with Crippen LogP contribution >= 0.6 is 41.8 Å². The highest BCUT2D eigenvalue weighted by Crippen LogP contribution is 2.48. The van der Waals surface area contributed by atoms with Gasteiger partial charge in [0.2, 0.25) is 0 Å². The topological polar surface area (TPSA) is 17.1 Å². The SMILES string of the molecule is Cc1cc(-c2cc(-c3cc(C(F)(F)F)ccc3[PH](=O)c3ccccc3)sc2-c2cc(C)sc2C)c(C)s1. The molecule has 0 amide bonds. The minimum atomic E-state index is -4.50. The number of halogens is 3. The highest BCUT2D eigenvalue weighted by molar-refractivity contribution is 7.61. The minimum absolute atomic E-state index is 0.384. The molecule has 2 aromatic carbocycles. The fourth-order valence-electron chi connectivity index (χ4n) is 4.55. The Labute approximate surface area is 227 Å². The van der Waals surface area contributed by atoms with E-state index in [0.717, 1.165) is 38.6 Å². The predicted molar refractivity (Wildman–Crippen MR) is 155 cm³/mol. The van der Waals surface area contributed by atoms with Crippen LogP contribution in [0, 0.1) is 27.7 Å². The first-order valence-corrected chi connectivity index (χ1v) is 15.5. The standard InChI is InChI=1S/C29H24F3OPS3/c1-16-12-22(18(3)35-16)24-15-27(37-28(24)23-13-17(2)36-19(23)4)25-14-20(29(30,31)32)10-11-26(25)34(33)21-8-6-5-7-9-21/h5-15,34H,1-4H3. The normalized spacial score (nSPS) is 12.7. The monoisotopic (exact) mass is 572 g/mol. The Morgan fingerprint density at radius 2 is 1.30 bits per heavy atom. The molecule has 0 aliphatic rings. The smallest absolute Gasteiger partial charge is 0.317 e. The van der Waals surface area contributed by atoms with Crippen molar-refractivity contribution < 1.29 is 17.7 Å². The number of hydrogen-bond donors (Lipinski definition) is 0. The third-order valence-electron chi connectivity index (χ3n) is 6.24. The van der Waals surface area contributed by atoms with Crippen LogP contribution in [0.1, 0.15) is 25.1 Å². The molecule has 0 saturated carbocycles. The van der Waals surface area contributed by atoms with E-state index in [-0.39, 0.29) is 0 Å². The molecular formula is C29H24F3OPS3. The van der Waals surface area contributed by atoms with Gasteiger partial charge in [-0.25, -0.2) is 0 Å². The number of benzene rings is 2. The highest BCUT2D eigenvalue weighted by atomic mass is 32.1. The van der Waals surface area contributed by atoms with Crippen molar-refractivity contribution in [1.82, 2.24) is 0 Å². The lowest BCUT2D eigenvalue weighted by Crippen LogP contribution is -2.12. The van der Waals surface area contributed by atoms with Crippen molar-refractivity contribution in [2.45, 2.75) is 33.9 Å². The van der Waals surface area contributed by atoms with E-state index in [1.165, 1.54) is 32.0 Å². The summed E-state index contributed by atoms with van der Waals surface area (Å²) < 4.78 is 55.1. The number of rotatable bonds is 5. The lowest BCUT2D eigenvalue weighted by atomic mass is 10.0. The summed E-state index contributed by atoms with van der Waals surface area (Å²) in [6.45, 7) is 8.27. The Morgan fingerprint density at radius 1 is 0.676 bits per heavy atom. The zero-order valence-corrected chi connectivity index (χ0v) is 24.1. The van der Waals surface area contributed by atoms with Crippen LogP contribution < -0.4 is 10.6 Å². The molecule has 0 saturated heterocycles. The van der Waals surface area contributed by atoms with Crippen molar-refractivity contribution in [1.29, 1.82) is 0 Å². The number of alkyl halides is 3. The molecule has 0 aliphatic carbocycles. The Hall–Kier alpha value is -2.44. The summed E-state index contributed by atoms with van der Waals surface area (Å²) in [4.78, 5) is 6.40. The summed E-state index contributed by atoms with van der Waals surface area (Å²) in [5, 5.41) is 1.07. The fraction of sp³-hybridized carbons (Fsp3) is 0.172. The molecule has 5 rings (SSSR count). The zero-order chi connectivity index (χ0) is 26.5. The van der Waals surface area contributed by atoms with Gasteiger partial charge in [-0.3, -0.25) is 0 Å². The van der Waals surface area contributed by atoms with Gasteiger partial charge in [-0.2, -0.15) is 13.2 Å². The van der Waals surface area contributed by atoms with Crippen LogP contribution in [0.2, 0.25) is 0 Å². The number of thiophene rings is 3. The van der Waals surface area contributed by atoms with Gasteiger partial charge in [0.05, 0.1) is 5.56 Å². The van der Waals surface area contributed by atoms with E-state index in [9.17, 15) is 17.7 Å². The van der Waals surface area contributed by atoms with E-state index < -0.39 is 19.5 Å². The fourth-order valence-corrected chi connectivity index (χ4v) is 9.34. The van der Waals surface area contributed by atoms with Gasteiger partial charge >= 0.3 is 6.18 Å². The van der Waals surface area contributed by atoms with Crippen LogP contribution in [0.5, 0.6) is 0 Å². The van der Waals surface area contributed by atoms with E-state index in [2.05, 4.69) is 39.8 Å². The van der Waals surface area contributed by atoms with E-state index in [1.807, 2.05) is 12.1 Å². The third kappa shape index (κ3) is 5.15. The van der Waals surface area contributed by atoms with Crippen LogP contribution in [-0.4, -0.2) is 0 Å². The summed E-state index contributed by atoms with van der Waals surface area (Å²) in [5.41, 5.74) is 2.84. The summed E-state index contributed by atoms with van der Waals surface area (Å²) in [6, 6.07) is 18.8. The summed E-state index contributed by atoms with van der Waals surface area (Å²) in [7, 11) is -2.53. The molecule has 3 aromatic heterocycles.